The van der Waals surface area contributed by atoms with Crippen LogP contribution in [0.5, 0.6) is 0 Å². The number of amides is 1. The smallest absolute Gasteiger partial charge is 0.329 e. The average molecular weight is 582 g/mol. The van der Waals surface area contributed by atoms with Gasteiger partial charge in [-0.3, -0.25) is 9.59 Å². The normalized spacial score (nSPS) is 36.2. The Morgan fingerprint density at radius 1 is 1.00 bits per heavy atom. The zero-order valence-corrected chi connectivity index (χ0v) is 26.5. The Labute approximate surface area is 246 Å². The minimum absolute atomic E-state index is 0.0198. The number of esters is 1. The van der Waals surface area contributed by atoms with E-state index >= 15 is 0 Å². The number of hydrogen-bond acceptors (Lipinski definition) is 8. The Hall–Kier alpha value is -1.55. The first-order valence-electron chi connectivity index (χ1n) is 15.9. The molecule has 1 aliphatic carbocycles. The van der Waals surface area contributed by atoms with Crippen LogP contribution in [0.15, 0.2) is 0 Å². The Bertz CT molecular complexity index is 908. The number of carbonyl (C=O) groups excluding carboxylic acids is 3. The highest BCUT2D eigenvalue weighted by atomic mass is 16.6. The van der Waals surface area contributed by atoms with E-state index in [1.54, 1.807) is 14.0 Å². The summed E-state index contributed by atoms with van der Waals surface area (Å²) in [6, 6.07) is -0.893. The van der Waals surface area contributed by atoms with Crippen molar-refractivity contribution in [2.75, 3.05) is 13.7 Å². The number of aliphatic hydroxyl groups is 2. The molecule has 0 bridgehead atoms. The summed E-state index contributed by atoms with van der Waals surface area (Å²) in [5.41, 5.74) is 0. The number of ether oxygens (including phenoxy) is 3. The van der Waals surface area contributed by atoms with Crippen LogP contribution in [-0.2, 0) is 28.6 Å². The number of nitrogens with zero attached hydrogens (tertiary/aromatic N) is 1. The van der Waals surface area contributed by atoms with Crippen molar-refractivity contribution in [1.29, 1.82) is 0 Å². The highest BCUT2D eigenvalue weighted by molar-refractivity contribution is 6.39. The fourth-order valence-electron chi connectivity index (χ4n) is 7.25. The van der Waals surface area contributed by atoms with Crippen molar-refractivity contribution < 1.29 is 38.8 Å². The first-order chi connectivity index (χ1) is 19.2. The minimum atomic E-state index is -2.20. The van der Waals surface area contributed by atoms with Gasteiger partial charge in [0.1, 0.15) is 12.1 Å². The van der Waals surface area contributed by atoms with Crippen LogP contribution in [0.1, 0.15) is 99.8 Å². The van der Waals surface area contributed by atoms with Gasteiger partial charge in [-0.15, -0.1) is 0 Å². The number of Topliss-reactive ketones (excluding diaryl/α,β-unsaturated/α-hetero) is 1. The maximum atomic E-state index is 13.6. The molecule has 3 fully saturated rings. The molecular formula is C32H55NO8. The van der Waals surface area contributed by atoms with E-state index in [1.807, 2.05) is 34.6 Å². The van der Waals surface area contributed by atoms with Gasteiger partial charge >= 0.3 is 5.97 Å². The third-order valence-corrected chi connectivity index (χ3v) is 9.97. The summed E-state index contributed by atoms with van der Waals surface area (Å²) in [4.78, 5) is 42.0. The predicted molar refractivity (Wildman–Crippen MR) is 155 cm³/mol. The lowest BCUT2D eigenvalue weighted by molar-refractivity contribution is -0.269. The van der Waals surface area contributed by atoms with Crippen LogP contribution in [0.3, 0.4) is 0 Å². The number of hydrogen-bond donors (Lipinski definition) is 2. The number of carbonyl (C=O) groups is 3. The Morgan fingerprint density at radius 3 is 2.29 bits per heavy atom. The molecule has 10 unspecified atom stereocenters. The van der Waals surface area contributed by atoms with Crippen LogP contribution < -0.4 is 0 Å². The molecule has 1 amide bonds. The molecule has 0 aromatic carbocycles. The van der Waals surface area contributed by atoms with Gasteiger partial charge in [0, 0.05) is 19.6 Å². The van der Waals surface area contributed by atoms with Gasteiger partial charge in [-0.25, -0.2) is 4.79 Å². The highest BCUT2D eigenvalue weighted by Gasteiger charge is 2.53. The van der Waals surface area contributed by atoms with Crippen LogP contribution in [0.2, 0.25) is 0 Å². The van der Waals surface area contributed by atoms with Gasteiger partial charge in [-0.2, -0.15) is 0 Å². The number of aliphatic hydroxyl groups excluding tert-OH is 1. The van der Waals surface area contributed by atoms with Gasteiger partial charge in [-0.1, -0.05) is 48.5 Å². The molecular weight excluding hydrogens is 526 g/mol. The Balaban J connectivity index is 1.72. The average Bonchev–Trinajstić information content (AvgIpc) is 2.93. The topological polar surface area (TPSA) is 123 Å². The standard InChI is InChI=1S/C32H55NO8/c1-18(2)25-15-13-22(7)32(38,41-25)29(35)30(36)33-16-10-9-11-24(33)31(37)40-27(19(3)4)21(6)17-23-14-12-20(5)28(39-8)26(23)34/h18-28,34,38H,9-17H2,1-8H3. The molecule has 2 aliphatic heterocycles. The number of methoxy groups -OCH3 is 1. The van der Waals surface area contributed by atoms with Crippen molar-refractivity contribution in [1.82, 2.24) is 4.90 Å². The third-order valence-electron chi connectivity index (χ3n) is 9.97. The molecule has 0 radical (unpaired) electrons. The Kier molecular flexibility index (Phi) is 11.8. The second-order valence-corrected chi connectivity index (χ2v) is 13.8. The zero-order valence-electron chi connectivity index (χ0n) is 26.5. The van der Waals surface area contributed by atoms with Crippen LogP contribution in [0.4, 0.5) is 0 Å². The molecule has 9 heteroatoms. The summed E-state index contributed by atoms with van der Waals surface area (Å²) < 4.78 is 17.6. The van der Waals surface area contributed by atoms with Gasteiger partial charge < -0.3 is 29.3 Å². The monoisotopic (exact) mass is 581 g/mol. The van der Waals surface area contributed by atoms with E-state index in [9.17, 15) is 24.6 Å². The lowest BCUT2D eigenvalue weighted by Gasteiger charge is -2.43. The van der Waals surface area contributed by atoms with Gasteiger partial charge in [0.15, 0.2) is 0 Å². The molecule has 10 atom stereocenters. The van der Waals surface area contributed by atoms with Crippen molar-refractivity contribution in [2.24, 2.45) is 35.5 Å². The highest BCUT2D eigenvalue weighted by Crippen LogP contribution is 2.38. The summed E-state index contributed by atoms with van der Waals surface area (Å²) in [6.45, 7) is 14.0. The van der Waals surface area contributed by atoms with Gasteiger partial charge in [-0.05, 0) is 81.0 Å². The van der Waals surface area contributed by atoms with Crippen LogP contribution >= 0.6 is 0 Å². The lowest BCUT2D eigenvalue weighted by atomic mass is 9.73. The molecule has 2 heterocycles. The summed E-state index contributed by atoms with van der Waals surface area (Å²) in [6.07, 6.45) is 4.10. The van der Waals surface area contributed by atoms with E-state index in [4.69, 9.17) is 14.2 Å². The van der Waals surface area contributed by atoms with Gasteiger partial charge in [0.05, 0.1) is 18.3 Å². The zero-order chi connectivity index (χ0) is 30.6. The SMILES string of the molecule is COC1C(C)CCC(CC(C)C(OC(=O)C2CCCCN2C(=O)C(=O)C2(O)OC(C(C)C)CCC2C)C(C)C)C1O. The quantitative estimate of drug-likeness (QED) is 0.292. The van der Waals surface area contributed by atoms with Crippen molar-refractivity contribution in [3.8, 4) is 0 Å². The second-order valence-electron chi connectivity index (χ2n) is 13.8. The molecule has 3 rings (SSSR count). The molecule has 236 valence electrons. The third kappa shape index (κ3) is 7.51. The molecule has 3 aliphatic rings. The summed E-state index contributed by atoms with van der Waals surface area (Å²) in [5.74, 6) is -4.73. The van der Waals surface area contributed by atoms with E-state index < -0.39 is 47.6 Å². The van der Waals surface area contributed by atoms with Gasteiger partial charge in [0.2, 0.25) is 5.79 Å². The molecule has 9 nitrogen and oxygen atoms in total. The number of piperidine rings is 1. The predicted octanol–water partition coefficient (Wildman–Crippen LogP) is 4.11. The van der Waals surface area contributed by atoms with Crippen LogP contribution in [0, 0.1) is 35.5 Å². The van der Waals surface area contributed by atoms with E-state index in [0.29, 0.717) is 32.1 Å². The maximum absolute atomic E-state index is 13.6. The summed E-state index contributed by atoms with van der Waals surface area (Å²) in [5, 5.41) is 22.3. The molecule has 41 heavy (non-hydrogen) atoms. The second kappa shape index (κ2) is 14.3. The largest absolute Gasteiger partial charge is 0.460 e. The molecule has 0 aromatic rings. The maximum Gasteiger partial charge on any atom is 0.329 e. The summed E-state index contributed by atoms with van der Waals surface area (Å²) in [7, 11) is 1.64. The van der Waals surface area contributed by atoms with Crippen molar-refractivity contribution in [3.63, 3.8) is 0 Å². The number of rotatable bonds is 10. The number of likely N-dealkylation sites (tertiary alicyclic amines) is 1. The van der Waals surface area contributed by atoms with Crippen LogP contribution in [-0.4, -0.2) is 82.7 Å². The lowest BCUT2D eigenvalue weighted by Crippen LogP contribution is -2.61. The van der Waals surface area contributed by atoms with E-state index in [1.165, 1.54) is 4.90 Å². The van der Waals surface area contributed by atoms with E-state index in [0.717, 1.165) is 19.3 Å². The van der Waals surface area contributed by atoms with Crippen molar-refractivity contribution in [2.45, 2.75) is 136 Å². The van der Waals surface area contributed by atoms with Crippen LogP contribution in [0.25, 0.3) is 0 Å². The minimum Gasteiger partial charge on any atom is -0.460 e. The fourth-order valence-corrected chi connectivity index (χ4v) is 7.25. The number of ketones is 1. The molecule has 1 saturated carbocycles. The molecule has 0 aromatic heterocycles. The van der Waals surface area contributed by atoms with E-state index in [2.05, 4.69) is 6.92 Å². The summed E-state index contributed by atoms with van der Waals surface area (Å²) >= 11 is 0. The molecule has 2 N–H and O–H groups in total. The molecule has 2 saturated heterocycles. The van der Waals surface area contributed by atoms with E-state index in [-0.39, 0.29) is 48.3 Å². The first kappa shape index (κ1) is 33.9. The van der Waals surface area contributed by atoms with Crippen molar-refractivity contribution >= 4 is 17.7 Å². The molecule has 0 spiro atoms. The van der Waals surface area contributed by atoms with Crippen molar-refractivity contribution in [3.05, 3.63) is 0 Å². The fraction of sp³-hybridized carbons (Fsp3) is 0.906. The van der Waals surface area contributed by atoms with Gasteiger partial charge in [0.25, 0.3) is 11.7 Å². The first-order valence-corrected chi connectivity index (χ1v) is 15.9. The Morgan fingerprint density at radius 2 is 1.68 bits per heavy atom.